The first kappa shape index (κ1) is 52.0. The average Bonchev–Trinajstić information content (AvgIpc) is 3.15. The fraction of sp³-hybridized carbons (Fsp3) is 1.00. The van der Waals surface area contributed by atoms with Crippen molar-refractivity contribution in [3.05, 3.63) is 0 Å². The molecule has 0 heterocycles. The number of unbranched alkanes of at least 4 members (excludes halogenated alkanes) is 28. The predicted octanol–water partition coefficient (Wildman–Crippen LogP) is 20.0. The zero-order valence-electron chi connectivity index (χ0n) is 38.0. The normalized spacial score (nSPS) is 13.7. The highest BCUT2D eigenvalue weighted by molar-refractivity contribution is 4.79. The Kier molecular flexibility index (Phi) is 43.7. The molecule has 0 aliphatic carbocycles. The third kappa shape index (κ3) is 35.7. The van der Waals surface area contributed by atoms with Gasteiger partial charge in [-0.1, -0.05) is 298 Å². The Bertz CT molecular complexity index is 606. The van der Waals surface area contributed by atoms with E-state index in [1.807, 2.05) is 0 Å². The van der Waals surface area contributed by atoms with Crippen molar-refractivity contribution >= 4 is 0 Å². The summed E-state index contributed by atoms with van der Waals surface area (Å²) in [4.78, 5) is 0. The van der Waals surface area contributed by atoms with E-state index in [1.165, 1.54) is 244 Å². The number of hydrogen-bond donors (Lipinski definition) is 0. The first-order valence-electron chi connectivity index (χ1n) is 25.7. The Labute approximate surface area is 333 Å². The van der Waals surface area contributed by atoms with Crippen LogP contribution < -0.4 is 0 Å². The van der Waals surface area contributed by atoms with Crippen LogP contribution in [0.1, 0.15) is 311 Å². The monoisotopic (exact) mass is 731 g/mol. The van der Waals surface area contributed by atoms with E-state index in [0.717, 1.165) is 23.7 Å². The van der Waals surface area contributed by atoms with Crippen LogP contribution in [-0.2, 0) is 0 Å². The van der Waals surface area contributed by atoms with Crippen molar-refractivity contribution in [2.24, 2.45) is 23.7 Å². The number of rotatable bonds is 45. The number of hydrogen-bond acceptors (Lipinski definition) is 0. The van der Waals surface area contributed by atoms with Gasteiger partial charge >= 0.3 is 0 Å². The molecule has 0 nitrogen and oxygen atoms in total. The van der Waals surface area contributed by atoms with Gasteiger partial charge in [0.15, 0.2) is 0 Å². The molecule has 0 fully saturated rings. The molecule has 0 N–H and O–H groups in total. The standard InChI is InChI=1S/C52H106/c1-7-13-19-25-29-30-33-38-44-49(41-35-23-17-11-5)47-52(51(45-39-24-18-12-6)46-40-34-28-22-16-10-4)48-50(42-36-31-26-20-14-8-2)43-37-32-27-21-15-9-3/h49-52H,7-48H2,1-6H3. The van der Waals surface area contributed by atoms with Crippen molar-refractivity contribution in [2.45, 2.75) is 311 Å². The van der Waals surface area contributed by atoms with Crippen molar-refractivity contribution in [1.29, 1.82) is 0 Å². The molecule has 52 heavy (non-hydrogen) atoms. The summed E-state index contributed by atoms with van der Waals surface area (Å²) in [5.74, 6) is 3.98. The summed E-state index contributed by atoms with van der Waals surface area (Å²) in [6.45, 7) is 14.3. The van der Waals surface area contributed by atoms with Gasteiger partial charge in [-0.25, -0.2) is 0 Å². The maximum Gasteiger partial charge on any atom is -0.0381 e. The van der Waals surface area contributed by atoms with E-state index in [2.05, 4.69) is 41.5 Å². The third-order valence-corrected chi connectivity index (χ3v) is 13.2. The van der Waals surface area contributed by atoms with E-state index in [-0.39, 0.29) is 0 Å². The molecule has 0 heteroatoms. The largest absolute Gasteiger partial charge is 0.0654 e. The summed E-state index contributed by atoms with van der Waals surface area (Å²) in [6, 6.07) is 0. The molecule has 0 amide bonds. The Morgan fingerprint density at radius 2 is 0.385 bits per heavy atom. The molecule has 3 unspecified atom stereocenters. The van der Waals surface area contributed by atoms with Crippen molar-refractivity contribution in [2.75, 3.05) is 0 Å². The predicted molar refractivity (Wildman–Crippen MR) is 242 cm³/mol. The maximum atomic E-state index is 2.40. The molecule has 0 radical (unpaired) electrons. The molecule has 0 aromatic carbocycles. The van der Waals surface area contributed by atoms with Crippen LogP contribution in [0, 0.1) is 23.7 Å². The van der Waals surface area contributed by atoms with E-state index in [1.54, 1.807) is 25.7 Å². The maximum absolute atomic E-state index is 2.40. The van der Waals surface area contributed by atoms with Crippen LogP contribution in [-0.4, -0.2) is 0 Å². The Balaban J connectivity index is 5.96. The van der Waals surface area contributed by atoms with E-state index in [4.69, 9.17) is 0 Å². The highest BCUT2D eigenvalue weighted by Crippen LogP contribution is 2.39. The molecule has 0 saturated heterocycles. The molecule has 0 aromatic heterocycles. The summed E-state index contributed by atoms with van der Waals surface area (Å²) in [5.41, 5.74) is 0. The zero-order chi connectivity index (χ0) is 38.0. The van der Waals surface area contributed by atoms with Gasteiger partial charge in [0.25, 0.3) is 0 Å². The molecule has 0 spiro atoms. The van der Waals surface area contributed by atoms with Crippen molar-refractivity contribution < 1.29 is 0 Å². The summed E-state index contributed by atoms with van der Waals surface area (Å²) >= 11 is 0. The van der Waals surface area contributed by atoms with Gasteiger partial charge in [-0.2, -0.15) is 0 Å². The fourth-order valence-corrected chi connectivity index (χ4v) is 9.59. The van der Waals surface area contributed by atoms with Crippen LogP contribution in [0.2, 0.25) is 0 Å². The molecular formula is C52H106. The Morgan fingerprint density at radius 3 is 0.635 bits per heavy atom. The van der Waals surface area contributed by atoms with Gasteiger partial charge in [-0.3, -0.25) is 0 Å². The molecule has 0 aliphatic heterocycles. The van der Waals surface area contributed by atoms with Crippen LogP contribution >= 0.6 is 0 Å². The molecule has 0 saturated carbocycles. The fourth-order valence-electron chi connectivity index (χ4n) is 9.59. The molecule has 3 atom stereocenters. The van der Waals surface area contributed by atoms with Crippen molar-refractivity contribution in [3.63, 3.8) is 0 Å². The molecule has 0 aromatic rings. The Morgan fingerprint density at radius 1 is 0.192 bits per heavy atom. The first-order valence-corrected chi connectivity index (χ1v) is 25.7. The van der Waals surface area contributed by atoms with E-state index < -0.39 is 0 Å². The second-order valence-corrected chi connectivity index (χ2v) is 18.4. The highest BCUT2D eigenvalue weighted by Gasteiger charge is 2.27. The lowest BCUT2D eigenvalue weighted by Crippen LogP contribution is -2.23. The smallest absolute Gasteiger partial charge is 0.0381 e. The summed E-state index contributed by atoms with van der Waals surface area (Å²) < 4.78 is 0. The van der Waals surface area contributed by atoms with E-state index in [9.17, 15) is 0 Å². The van der Waals surface area contributed by atoms with Gasteiger partial charge in [0.05, 0.1) is 0 Å². The molecule has 0 bridgehead atoms. The van der Waals surface area contributed by atoms with Gasteiger partial charge in [-0.15, -0.1) is 0 Å². The van der Waals surface area contributed by atoms with E-state index >= 15 is 0 Å². The van der Waals surface area contributed by atoms with Crippen LogP contribution in [0.25, 0.3) is 0 Å². The molecule has 0 aliphatic rings. The summed E-state index contributed by atoms with van der Waals surface area (Å²) in [7, 11) is 0. The quantitative estimate of drug-likeness (QED) is 0.0547. The van der Waals surface area contributed by atoms with Crippen LogP contribution in [0.4, 0.5) is 0 Å². The van der Waals surface area contributed by atoms with Gasteiger partial charge in [-0.05, 0) is 36.5 Å². The van der Waals surface area contributed by atoms with Crippen molar-refractivity contribution in [1.82, 2.24) is 0 Å². The average molecular weight is 731 g/mol. The summed E-state index contributed by atoms with van der Waals surface area (Å²) in [5, 5.41) is 0. The first-order chi connectivity index (χ1) is 25.7. The van der Waals surface area contributed by atoms with Gasteiger partial charge < -0.3 is 0 Å². The SMILES string of the molecule is CCCCCCCCCCC(CCCCCC)CC(CC(CCCCCCCC)CCCCCCCC)C(CCCCCC)CCCCCCCC. The molecule has 314 valence electrons. The lowest BCUT2D eigenvalue weighted by molar-refractivity contribution is 0.171. The molecular weight excluding hydrogens is 625 g/mol. The lowest BCUT2D eigenvalue weighted by atomic mass is 9.71. The van der Waals surface area contributed by atoms with Gasteiger partial charge in [0.1, 0.15) is 0 Å². The van der Waals surface area contributed by atoms with Gasteiger partial charge in [0.2, 0.25) is 0 Å². The minimum atomic E-state index is 0.993. The second kappa shape index (κ2) is 43.7. The van der Waals surface area contributed by atoms with Gasteiger partial charge in [0, 0.05) is 0 Å². The lowest BCUT2D eigenvalue weighted by Gasteiger charge is -2.34. The zero-order valence-corrected chi connectivity index (χ0v) is 38.0. The van der Waals surface area contributed by atoms with E-state index in [0.29, 0.717) is 0 Å². The van der Waals surface area contributed by atoms with Crippen LogP contribution in [0.15, 0.2) is 0 Å². The van der Waals surface area contributed by atoms with Crippen LogP contribution in [0.3, 0.4) is 0 Å². The second-order valence-electron chi connectivity index (χ2n) is 18.4. The highest BCUT2D eigenvalue weighted by atomic mass is 14.3. The Hall–Kier alpha value is 0. The van der Waals surface area contributed by atoms with Crippen molar-refractivity contribution in [3.8, 4) is 0 Å². The summed E-state index contributed by atoms with van der Waals surface area (Å²) in [6.07, 6.45) is 62.1. The topological polar surface area (TPSA) is 0 Å². The minimum absolute atomic E-state index is 0.993. The third-order valence-electron chi connectivity index (χ3n) is 13.2. The minimum Gasteiger partial charge on any atom is -0.0654 e. The molecule has 0 rings (SSSR count). The van der Waals surface area contributed by atoms with Crippen LogP contribution in [0.5, 0.6) is 0 Å².